The van der Waals surface area contributed by atoms with Gasteiger partial charge in [-0.15, -0.1) is 0 Å². The van der Waals surface area contributed by atoms with Crippen molar-refractivity contribution in [2.75, 3.05) is 13.2 Å². The first-order chi connectivity index (χ1) is 12.2. The number of Topliss-reactive ketones (excluding diaryl/α,β-unsaturated/α-hetero) is 1. The fourth-order valence-electron chi connectivity index (χ4n) is 2.33. The van der Waals surface area contributed by atoms with Crippen LogP contribution in [0.3, 0.4) is 0 Å². The second-order valence-corrected chi connectivity index (χ2v) is 6.58. The van der Waals surface area contributed by atoms with Crippen molar-refractivity contribution in [3.63, 3.8) is 0 Å². The van der Waals surface area contributed by atoms with Crippen LogP contribution in [0.4, 0.5) is 0 Å². The monoisotopic (exact) mass is 396 g/mol. The Labute approximate surface area is 161 Å². The van der Waals surface area contributed by atoms with Crippen LogP contribution in [0.15, 0.2) is 24.3 Å². The number of nitrogens with zero attached hydrogens (tertiary/aromatic N) is 1. The van der Waals surface area contributed by atoms with E-state index < -0.39 is 11.9 Å². The number of aryl methyl sites for hydroxylation is 1. The lowest BCUT2D eigenvalue weighted by Gasteiger charge is -2.08. The highest BCUT2D eigenvalue weighted by molar-refractivity contribution is 6.36. The number of ether oxygens (including phenoxy) is 1. The van der Waals surface area contributed by atoms with Crippen molar-refractivity contribution in [1.29, 1.82) is 0 Å². The standard InChI is InChI=1S/C18H18Cl2N2O4/c1-10-6-14(11(2)22(10)3)16(23)9-26-17(24)8-21-18(25)13-5-4-12(19)7-15(13)20/h4-7H,8-9H2,1-3H3,(H,21,25). The second kappa shape index (κ2) is 8.38. The molecule has 2 aromatic rings. The van der Waals surface area contributed by atoms with Crippen LogP contribution >= 0.6 is 23.2 Å². The predicted octanol–water partition coefficient (Wildman–Crippen LogP) is 3.10. The van der Waals surface area contributed by atoms with E-state index in [0.29, 0.717) is 10.6 Å². The molecule has 0 spiro atoms. The molecule has 0 aliphatic heterocycles. The second-order valence-electron chi connectivity index (χ2n) is 5.73. The first kappa shape index (κ1) is 20.0. The van der Waals surface area contributed by atoms with E-state index in [2.05, 4.69) is 5.32 Å². The minimum Gasteiger partial charge on any atom is -0.456 e. The van der Waals surface area contributed by atoms with Gasteiger partial charge in [0.05, 0.1) is 10.6 Å². The largest absolute Gasteiger partial charge is 0.456 e. The summed E-state index contributed by atoms with van der Waals surface area (Å²) in [6, 6.07) is 6.15. The van der Waals surface area contributed by atoms with Crippen molar-refractivity contribution in [3.05, 3.63) is 56.8 Å². The summed E-state index contributed by atoms with van der Waals surface area (Å²) in [6.45, 7) is 2.93. The third kappa shape index (κ3) is 4.65. The van der Waals surface area contributed by atoms with Crippen LogP contribution in [-0.2, 0) is 16.6 Å². The molecule has 0 unspecified atom stereocenters. The molecule has 1 amide bonds. The third-order valence-electron chi connectivity index (χ3n) is 4.01. The molecule has 0 aliphatic rings. The zero-order valence-corrected chi connectivity index (χ0v) is 16.1. The van der Waals surface area contributed by atoms with E-state index in [9.17, 15) is 14.4 Å². The maximum absolute atomic E-state index is 12.2. The predicted molar refractivity (Wildman–Crippen MR) is 99.0 cm³/mol. The molecule has 0 fully saturated rings. The van der Waals surface area contributed by atoms with E-state index in [4.69, 9.17) is 27.9 Å². The van der Waals surface area contributed by atoms with E-state index in [-0.39, 0.29) is 29.5 Å². The van der Waals surface area contributed by atoms with E-state index >= 15 is 0 Å². The van der Waals surface area contributed by atoms with Crippen LogP contribution < -0.4 is 5.32 Å². The average molecular weight is 397 g/mol. The van der Waals surface area contributed by atoms with Gasteiger partial charge in [0, 0.05) is 29.0 Å². The Hall–Kier alpha value is -2.31. The number of esters is 1. The molecule has 1 aromatic carbocycles. The highest BCUT2D eigenvalue weighted by atomic mass is 35.5. The zero-order valence-electron chi connectivity index (χ0n) is 14.6. The lowest BCUT2D eigenvalue weighted by Crippen LogP contribution is -2.31. The van der Waals surface area contributed by atoms with Gasteiger partial charge in [0.25, 0.3) is 5.91 Å². The first-order valence-corrected chi connectivity index (χ1v) is 8.51. The van der Waals surface area contributed by atoms with Crippen LogP contribution in [0.25, 0.3) is 0 Å². The minimum absolute atomic E-state index is 0.175. The van der Waals surface area contributed by atoms with E-state index in [1.807, 2.05) is 25.5 Å². The fraction of sp³-hybridized carbons (Fsp3) is 0.278. The molecule has 1 aromatic heterocycles. The van der Waals surface area contributed by atoms with Crippen LogP contribution in [0.1, 0.15) is 32.1 Å². The van der Waals surface area contributed by atoms with Gasteiger partial charge >= 0.3 is 5.97 Å². The van der Waals surface area contributed by atoms with Gasteiger partial charge in [-0.1, -0.05) is 23.2 Å². The highest BCUT2D eigenvalue weighted by Gasteiger charge is 2.17. The van der Waals surface area contributed by atoms with Crippen LogP contribution in [0, 0.1) is 13.8 Å². The molecule has 8 heteroatoms. The number of carbonyl (C=O) groups excluding carboxylic acids is 3. The summed E-state index contributed by atoms with van der Waals surface area (Å²) in [7, 11) is 1.85. The van der Waals surface area contributed by atoms with E-state index in [0.717, 1.165) is 11.4 Å². The van der Waals surface area contributed by atoms with E-state index in [1.165, 1.54) is 18.2 Å². The van der Waals surface area contributed by atoms with Crippen LogP contribution in [0.5, 0.6) is 0 Å². The molecule has 1 heterocycles. The number of benzene rings is 1. The number of carbonyl (C=O) groups is 3. The zero-order chi connectivity index (χ0) is 19.4. The smallest absolute Gasteiger partial charge is 0.325 e. The van der Waals surface area contributed by atoms with Gasteiger partial charge in [-0.25, -0.2) is 0 Å². The Bertz CT molecular complexity index is 874. The van der Waals surface area contributed by atoms with Crippen molar-refractivity contribution < 1.29 is 19.1 Å². The molecule has 138 valence electrons. The molecule has 0 radical (unpaired) electrons. The lowest BCUT2D eigenvalue weighted by molar-refractivity contribution is -0.141. The molecule has 0 atom stereocenters. The van der Waals surface area contributed by atoms with Crippen molar-refractivity contribution in [2.45, 2.75) is 13.8 Å². The Kier molecular flexibility index (Phi) is 6.45. The number of halogens is 2. The molecule has 6 nitrogen and oxygen atoms in total. The summed E-state index contributed by atoms with van der Waals surface area (Å²) in [6.07, 6.45) is 0. The lowest BCUT2D eigenvalue weighted by atomic mass is 10.1. The normalized spacial score (nSPS) is 10.5. The van der Waals surface area contributed by atoms with Crippen LogP contribution in [0.2, 0.25) is 10.0 Å². The summed E-state index contributed by atoms with van der Waals surface area (Å²) in [5.41, 5.74) is 2.43. The molecule has 0 bridgehead atoms. The van der Waals surface area contributed by atoms with Gasteiger partial charge in [-0.05, 0) is 38.1 Å². The summed E-state index contributed by atoms with van der Waals surface area (Å²) in [4.78, 5) is 35.9. The SMILES string of the molecule is Cc1cc(C(=O)COC(=O)CNC(=O)c2ccc(Cl)cc2Cl)c(C)n1C. The molecule has 0 saturated carbocycles. The number of amides is 1. The number of aromatic nitrogens is 1. The number of rotatable bonds is 6. The van der Waals surface area contributed by atoms with E-state index in [1.54, 1.807) is 6.07 Å². The number of ketones is 1. The van der Waals surface area contributed by atoms with Gasteiger partial charge in [0.1, 0.15) is 6.54 Å². The maximum Gasteiger partial charge on any atom is 0.325 e. The molecule has 2 rings (SSSR count). The topological polar surface area (TPSA) is 77.4 Å². The molecule has 26 heavy (non-hydrogen) atoms. The van der Waals surface area contributed by atoms with Crippen molar-refractivity contribution >= 4 is 40.9 Å². The number of hydrogen-bond donors (Lipinski definition) is 1. The maximum atomic E-state index is 12.2. The van der Waals surface area contributed by atoms with Gasteiger partial charge in [-0.2, -0.15) is 0 Å². The number of hydrogen-bond acceptors (Lipinski definition) is 4. The number of nitrogens with one attached hydrogen (secondary N) is 1. The Morgan fingerprint density at radius 1 is 1.12 bits per heavy atom. The molecule has 0 aliphatic carbocycles. The van der Waals surface area contributed by atoms with Crippen molar-refractivity contribution in [1.82, 2.24) is 9.88 Å². The van der Waals surface area contributed by atoms with Crippen molar-refractivity contribution in [2.24, 2.45) is 7.05 Å². The molecular weight excluding hydrogens is 379 g/mol. The molecule has 1 N–H and O–H groups in total. The van der Waals surface area contributed by atoms with Gasteiger partial charge in [0.15, 0.2) is 6.61 Å². The summed E-state index contributed by atoms with van der Waals surface area (Å²) in [5, 5.41) is 2.96. The summed E-state index contributed by atoms with van der Waals surface area (Å²) < 4.78 is 6.81. The average Bonchev–Trinajstić information content (AvgIpc) is 2.85. The Morgan fingerprint density at radius 3 is 2.38 bits per heavy atom. The first-order valence-electron chi connectivity index (χ1n) is 7.75. The molecular formula is C18H18Cl2N2O4. The summed E-state index contributed by atoms with van der Waals surface area (Å²) >= 11 is 11.7. The quantitative estimate of drug-likeness (QED) is 0.600. The Balaban J connectivity index is 1.86. The minimum atomic E-state index is -0.720. The van der Waals surface area contributed by atoms with Gasteiger partial charge in [0.2, 0.25) is 5.78 Å². The molecule has 0 saturated heterocycles. The van der Waals surface area contributed by atoms with Gasteiger partial charge in [-0.3, -0.25) is 14.4 Å². The fourth-order valence-corrected chi connectivity index (χ4v) is 2.83. The summed E-state index contributed by atoms with van der Waals surface area (Å²) in [5.74, 6) is -1.56. The van der Waals surface area contributed by atoms with Crippen LogP contribution in [-0.4, -0.2) is 35.4 Å². The highest BCUT2D eigenvalue weighted by Crippen LogP contribution is 2.20. The Morgan fingerprint density at radius 2 is 1.81 bits per heavy atom. The van der Waals surface area contributed by atoms with Gasteiger partial charge < -0.3 is 14.6 Å². The third-order valence-corrected chi connectivity index (χ3v) is 4.56. The van der Waals surface area contributed by atoms with Crippen molar-refractivity contribution in [3.8, 4) is 0 Å².